The van der Waals surface area contributed by atoms with Crippen LogP contribution in [0.2, 0.25) is 0 Å². The number of rotatable bonds is 3. The summed E-state index contributed by atoms with van der Waals surface area (Å²) in [4.78, 5) is 7.86. The largest absolute Gasteiger partial charge is 0.492 e. The maximum absolute atomic E-state index is 10.4. The average Bonchev–Trinajstić information content (AvgIpc) is 3.22. The van der Waals surface area contributed by atoms with E-state index in [1.54, 1.807) is 6.26 Å². The molecule has 0 aromatic carbocycles. The van der Waals surface area contributed by atoms with Gasteiger partial charge in [0.15, 0.2) is 0 Å². The van der Waals surface area contributed by atoms with Crippen molar-refractivity contribution < 1.29 is 14.3 Å². The Bertz CT molecular complexity index is 730. The quantitative estimate of drug-likeness (QED) is 0.790. The summed E-state index contributed by atoms with van der Waals surface area (Å²) in [6, 6.07) is 3.64. The Balaban J connectivity index is 1.81. The molecule has 0 unspecified atom stereocenters. The number of hydrogen-bond acceptors (Lipinski definition) is 7. The van der Waals surface area contributed by atoms with E-state index in [2.05, 4.69) is 15.0 Å². The first-order valence-corrected chi connectivity index (χ1v) is 7.53. The fourth-order valence-electron chi connectivity index (χ4n) is 2.63. The smallest absolute Gasteiger partial charge is 0.230 e. The molecular weight excluding hydrogens is 292 g/mol. The van der Waals surface area contributed by atoms with E-state index < -0.39 is 0 Å². The number of thiazole rings is 1. The normalized spacial score (nSPS) is 18.3. The molecule has 110 valence electrons. The van der Waals surface area contributed by atoms with Gasteiger partial charge in [-0.25, -0.2) is 4.98 Å². The second-order valence-electron chi connectivity index (χ2n) is 4.81. The second-order valence-corrected chi connectivity index (χ2v) is 5.82. The lowest BCUT2D eigenvalue weighted by Gasteiger charge is -2.32. The minimum absolute atomic E-state index is 0.125. The molecule has 0 aliphatic carbocycles. The monoisotopic (exact) mass is 306 g/mol. The number of hydrogen-bond donors (Lipinski definition) is 1. The summed E-state index contributed by atoms with van der Waals surface area (Å²) in [6.07, 6.45) is 3.09. The molecule has 8 heteroatoms. The third-order valence-corrected chi connectivity index (χ3v) is 4.70. The van der Waals surface area contributed by atoms with Crippen LogP contribution >= 0.6 is 11.3 Å². The molecule has 1 aliphatic heterocycles. The van der Waals surface area contributed by atoms with Gasteiger partial charge in [-0.05, 0) is 12.1 Å². The lowest BCUT2D eigenvalue weighted by Crippen LogP contribution is -2.39. The van der Waals surface area contributed by atoms with Crippen molar-refractivity contribution in [2.45, 2.75) is 6.04 Å². The van der Waals surface area contributed by atoms with Gasteiger partial charge in [-0.15, -0.1) is 0 Å². The van der Waals surface area contributed by atoms with Crippen LogP contribution < -0.4 is 0 Å². The molecular formula is C13H14N4O3S. The molecule has 0 spiro atoms. The van der Waals surface area contributed by atoms with Gasteiger partial charge in [0.2, 0.25) is 10.8 Å². The Kier molecular flexibility index (Phi) is 3.13. The molecule has 1 saturated heterocycles. The predicted molar refractivity (Wildman–Crippen MR) is 75.5 cm³/mol. The van der Waals surface area contributed by atoms with Crippen molar-refractivity contribution in [3.63, 3.8) is 0 Å². The van der Waals surface area contributed by atoms with Crippen LogP contribution in [0.3, 0.4) is 0 Å². The fraction of sp³-hybridized carbons (Fsp3) is 0.385. The first-order valence-electron chi connectivity index (χ1n) is 6.71. The Morgan fingerprint density at radius 3 is 2.90 bits per heavy atom. The predicted octanol–water partition coefficient (Wildman–Crippen LogP) is 1.51. The van der Waals surface area contributed by atoms with Gasteiger partial charge in [0, 0.05) is 13.1 Å². The zero-order valence-corrected chi connectivity index (χ0v) is 12.0. The lowest BCUT2D eigenvalue weighted by molar-refractivity contribution is 0.0203. The minimum Gasteiger partial charge on any atom is -0.492 e. The Hall–Kier alpha value is -1.90. The van der Waals surface area contributed by atoms with Crippen LogP contribution in [0.25, 0.3) is 4.96 Å². The topological polar surface area (TPSA) is 76.0 Å². The van der Waals surface area contributed by atoms with Gasteiger partial charge >= 0.3 is 0 Å². The molecule has 1 N–H and O–H groups in total. The fourth-order valence-corrected chi connectivity index (χ4v) is 3.70. The number of aromatic nitrogens is 3. The Morgan fingerprint density at radius 1 is 1.33 bits per heavy atom. The van der Waals surface area contributed by atoms with Gasteiger partial charge in [0.1, 0.15) is 18.1 Å². The maximum atomic E-state index is 10.4. The molecule has 7 nitrogen and oxygen atoms in total. The van der Waals surface area contributed by atoms with Gasteiger partial charge < -0.3 is 14.3 Å². The number of morpholine rings is 1. The van der Waals surface area contributed by atoms with E-state index in [0.717, 1.165) is 23.7 Å². The lowest BCUT2D eigenvalue weighted by atomic mass is 10.1. The van der Waals surface area contributed by atoms with Crippen molar-refractivity contribution in [1.82, 2.24) is 19.5 Å². The number of fused-ring (bicyclic) bond motifs is 1. The molecule has 0 bridgehead atoms. The van der Waals surface area contributed by atoms with Gasteiger partial charge in [-0.1, -0.05) is 11.3 Å². The van der Waals surface area contributed by atoms with Crippen molar-refractivity contribution in [3.05, 3.63) is 35.4 Å². The third-order valence-electron chi connectivity index (χ3n) is 3.61. The molecule has 21 heavy (non-hydrogen) atoms. The van der Waals surface area contributed by atoms with Crippen molar-refractivity contribution >= 4 is 16.3 Å². The standard InChI is InChI=1S/C13H14N4O3S/c18-12-11(21-13-14-8-15-17(12)13)10(9-2-1-5-20-9)16-3-6-19-7-4-16/h1-2,5,8,10,18H,3-4,6-7H2/t10-/m1/s1. The van der Waals surface area contributed by atoms with Crippen molar-refractivity contribution in [1.29, 1.82) is 0 Å². The Morgan fingerprint density at radius 2 is 2.19 bits per heavy atom. The maximum Gasteiger partial charge on any atom is 0.230 e. The number of ether oxygens (including phenoxy) is 1. The van der Waals surface area contributed by atoms with Crippen molar-refractivity contribution in [3.8, 4) is 5.88 Å². The summed E-state index contributed by atoms with van der Waals surface area (Å²) in [5.41, 5.74) is 0. The van der Waals surface area contributed by atoms with Crippen molar-refractivity contribution in [2.24, 2.45) is 0 Å². The highest BCUT2D eigenvalue weighted by atomic mass is 32.1. The Labute approximate surface area is 124 Å². The van der Waals surface area contributed by atoms with Crippen LogP contribution in [0, 0.1) is 0 Å². The zero-order chi connectivity index (χ0) is 14.2. The van der Waals surface area contributed by atoms with E-state index in [1.165, 1.54) is 22.2 Å². The molecule has 1 aliphatic rings. The summed E-state index contributed by atoms with van der Waals surface area (Å²) in [5.74, 6) is 0.928. The first-order chi connectivity index (χ1) is 10.3. The van der Waals surface area contributed by atoms with Crippen LogP contribution in [0.15, 0.2) is 29.1 Å². The van der Waals surface area contributed by atoms with Crippen LogP contribution in [-0.2, 0) is 4.74 Å². The SMILES string of the molecule is Oc1c([C@@H](c2ccco2)N2CCOCC2)sc2ncnn12. The number of aromatic hydroxyl groups is 1. The van der Waals surface area contributed by atoms with E-state index in [1.807, 2.05) is 12.1 Å². The summed E-state index contributed by atoms with van der Waals surface area (Å²) < 4.78 is 12.5. The highest BCUT2D eigenvalue weighted by molar-refractivity contribution is 7.17. The van der Waals surface area contributed by atoms with Gasteiger partial charge in [-0.3, -0.25) is 4.90 Å². The van der Waals surface area contributed by atoms with E-state index in [0.29, 0.717) is 18.2 Å². The minimum atomic E-state index is -0.141. The summed E-state index contributed by atoms with van der Waals surface area (Å²) in [6.45, 7) is 2.94. The van der Waals surface area contributed by atoms with Crippen molar-refractivity contribution in [2.75, 3.05) is 26.3 Å². The van der Waals surface area contributed by atoms with Crippen LogP contribution in [-0.4, -0.2) is 50.9 Å². The number of nitrogens with zero attached hydrogens (tertiary/aromatic N) is 4. The first kappa shape index (κ1) is 12.8. The van der Waals surface area contributed by atoms with Crippen LogP contribution in [0.5, 0.6) is 5.88 Å². The van der Waals surface area contributed by atoms with Gasteiger partial charge in [0.25, 0.3) is 0 Å². The number of furan rings is 1. The van der Waals surface area contributed by atoms with E-state index in [9.17, 15) is 5.11 Å². The average molecular weight is 306 g/mol. The molecule has 4 heterocycles. The second kappa shape index (κ2) is 5.14. The molecule has 1 atom stereocenters. The van der Waals surface area contributed by atoms with Gasteiger partial charge in [-0.2, -0.15) is 9.61 Å². The zero-order valence-electron chi connectivity index (χ0n) is 11.2. The summed E-state index contributed by atoms with van der Waals surface area (Å²) in [7, 11) is 0. The van der Waals surface area contributed by atoms with Crippen LogP contribution in [0.1, 0.15) is 16.7 Å². The van der Waals surface area contributed by atoms with Crippen LogP contribution in [0.4, 0.5) is 0 Å². The molecule has 0 radical (unpaired) electrons. The van der Waals surface area contributed by atoms with Gasteiger partial charge in [0.05, 0.1) is 24.4 Å². The third kappa shape index (κ3) is 2.11. The molecule has 0 amide bonds. The molecule has 1 fully saturated rings. The summed E-state index contributed by atoms with van der Waals surface area (Å²) >= 11 is 1.43. The highest BCUT2D eigenvalue weighted by Crippen LogP contribution is 2.39. The van der Waals surface area contributed by atoms with E-state index in [4.69, 9.17) is 9.15 Å². The molecule has 3 aromatic rings. The summed E-state index contributed by atoms with van der Waals surface area (Å²) in [5, 5.41) is 14.5. The van der Waals surface area contributed by atoms with E-state index >= 15 is 0 Å². The highest BCUT2D eigenvalue weighted by Gasteiger charge is 2.31. The molecule has 4 rings (SSSR count). The molecule has 3 aromatic heterocycles. The van der Waals surface area contributed by atoms with E-state index in [-0.39, 0.29) is 11.9 Å². The molecule has 0 saturated carbocycles.